The smallest absolute Gasteiger partial charge is 0.331 e. The number of halogens is 4. The van der Waals surface area contributed by atoms with Gasteiger partial charge in [0.05, 0.1) is 6.54 Å². The van der Waals surface area contributed by atoms with Gasteiger partial charge in [-0.05, 0) is 13.8 Å². The van der Waals surface area contributed by atoms with Gasteiger partial charge in [-0.1, -0.05) is 0 Å². The molecule has 0 unspecified atom stereocenters. The van der Waals surface area contributed by atoms with Crippen molar-refractivity contribution in [3.05, 3.63) is 11.1 Å². The predicted octanol–water partition coefficient (Wildman–Crippen LogP) is 1.42. The van der Waals surface area contributed by atoms with E-state index in [4.69, 9.17) is 5.11 Å². The fourth-order valence-electron chi connectivity index (χ4n) is 0.739. The van der Waals surface area contributed by atoms with Crippen LogP contribution in [0.2, 0.25) is 0 Å². The molecule has 0 heterocycles. The Hall–Kier alpha value is -1.60. The van der Waals surface area contributed by atoms with Gasteiger partial charge in [0.15, 0.2) is 0 Å². The van der Waals surface area contributed by atoms with Gasteiger partial charge in [0.25, 0.3) is 0 Å². The molecule has 0 radical (unpaired) electrons. The Morgan fingerprint density at radius 1 is 1.24 bits per heavy atom. The molecule has 2 N–H and O–H groups in total. The molecular weight excluding hydrogens is 246 g/mol. The number of nitrogens with one attached hydrogen (secondary N) is 1. The van der Waals surface area contributed by atoms with Gasteiger partial charge >= 0.3 is 18.3 Å². The zero-order valence-corrected chi connectivity index (χ0v) is 9.06. The number of carboxylic acids is 1. The average molecular weight is 257 g/mol. The second-order valence-electron chi connectivity index (χ2n) is 3.30. The lowest BCUT2D eigenvalue weighted by Gasteiger charge is -2.16. The first kappa shape index (κ1) is 15.4. The van der Waals surface area contributed by atoms with E-state index in [1.165, 1.54) is 0 Å². The highest BCUT2D eigenvalue weighted by Gasteiger charge is 2.40. The van der Waals surface area contributed by atoms with Crippen LogP contribution in [0.3, 0.4) is 0 Å². The summed E-state index contributed by atoms with van der Waals surface area (Å²) in [5.74, 6) is -6.85. The molecule has 8 heteroatoms. The predicted molar refractivity (Wildman–Crippen MR) is 50.0 cm³/mol. The number of carboxylic acid groups (broad SMARTS) is 1. The summed E-state index contributed by atoms with van der Waals surface area (Å²) in [6, 6.07) is 0. The molecule has 0 aromatic rings. The topological polar surface area (TPSA) is 66.4 Å². The number of hydrogen-bond donors (Lipinski definition) is 2. The first-order chi connectivity index (χ1) is 7.59. The highest BCUT2D eigenvalue weighted by Crippen LogP contribution is 2.21. The van der Waals surface area contributed by atoms with E-state index in [-0.39, 0.29) is 11.1 Å². The third kappa shape index (κ3) is 4.41. The van der Waals surface area contributed by atoms with E-state index in [9.17, 15) is 27.2 Å². The summed E-state index contributed by atoms with van der Waals surface area (Å²) in [6.45, 7) is 0.648. The molecule has 0 saturated carbocycles. The van der Waals surface area contributed by atoms with Crippen molar-refractivity contribution in [2.75, 3.05) is 6.54 Å². The van der Waals surface area contributed by atoms with Gasteiger partial charge in [0, 0.05) is 11.1 Å². The Morgan fingerprint density at radius 3 is 2.06 bits per heavy atom. The summed E-state index contributed by atoms with van der Waals surface area (Å²) in [5, 5.41) is 10.1. The highest BCUT2D eigenvalue weighted by atomic mass is 19.3. The van der Waals surface area contributed by atoms with Crippen LogP contribution in [0.1, 0.15) is 13.8 Å². The van der Waals surface area contributed by atoms with Crippen molar-refractivity contribution in [3.8, 4) is 0 Å². The maximum atomic E-state index is 12.4. The van der Waals surface area contributed by atoms with Crippen molar-refractivity contribution < 1.29 is 32.3 Å². The third-order valence-corrected chi connectivity index (χ3v) is 2.03. The van der Waals surface area contributed by atoms with E-state index in [1.54, 1.807) is 5.32 Å². The maximum Gasteiger partial charge on any atom is 0.331 e. The molecule has 0 saturated heterocycles. The largest absolute Gasteiger partial charge is 0.478 e. The molecule has 0 aliphatic carbocycles. The lowest BCUT2D eigenvalue weighted by molar-refractivity contribution is -0.135. The molecular formula is C9H11F4NO3. The van der Waals surface area contributed by atoms with Crippen LogP contribution in [-0.4, -0.2) is 35.9 Å². The van der Waals surface area contributed by atoms with Crippen LogP contribution in [0.5, 0.6) is 0 Å². The minimum Gasteiger partial charge on any atom is -0.478 e. The molecule has 0 bridgehead atoms. The van der Waals surface area contributed by atoms with Crippen molar-refractivity contribution in [2.45, 2.75) is 26.2 Å². The third-order valence-electron chi connectivity index (χ3n) is 2.03. The minimum atomic E-state index is -4.34. The van der Waals surface area contributed by atoms with Gasteiger partial charge in [0.1, 0.15) is 0 Å². The van der Waals surface area contributed by atoms with Crippen LogP contribution in [0.25, 0.3) is 0 Å². The zero-order valence-electron chi connectivity index (χ0n) is 9.06. The van der Waals surface area contributed by atoms with Crippen molar-refractivity contribution >= 4 is 11.9 Å². The molecule has 1 amide bonds. The SMILES string of the molecule is CC(C(=O)O)=C(C)C(=O)NCC(F)(F)C(F)F. The van der Waals surface area contributed by atoms with Crippen molar-refractivity contribution in [1.82, 2.24) is 5.32 Å². The molecule has 0 fully saturated rings. The summed E-state index contributed by atoms with van der Waals surface area (Å²) in [7, 11) is 0. The van der Waals surface area contributed by atoms with Crippen molar-refractivity contribution in [3.63, 3.8) is 0 Å². The van der Waals surface area contributed by atoms with Crippen LogP contribution in [0, 0.1) is 0 Å². The molecule has 98 valence electrons. The van der Waals surface area contributed by atoms with Crippen LogP contribution < -0.4 is 5.32 Å². The van der Waals surface area contributed by atoms with Gasteiger partial charge in [-0.15, -0.1) is 0 Å². The van der Waals surface area contributed by atoms with Crippen LogP contribution >= 0.6 is 0 Å². The van der Waals surface area contributed by atoms with Gasteiger partial charge in [0.2, 0.25) is 5.91 Å². The van der Waals surface area contributed by atoms with Crippen LogP contribution in [0.4, 0.5) is 17.6 Å². The second kappa shape index (κ2) is 5.65. The van der Waals surface area contributed by atoms with Crippen molar-refractivity contribution in [2.24, 2.45) is 0 Å². The first-order valence-corrected chi connectivity index (χ1v) is 4.44. The second-order valence-corrected chi connectivity index (χ2v) is 3.30. The van der Waals surface area contributed by atoms with E-state index in [2.05, 4.69) is 0 Å². The Labute approximate surface area is 94.3 Å². The zero-order chi connectivity index (χ0) is 13.8. The lowest BCUT2D eigenvalue weighted by atomic mass is 10.1. The van der Waals surface area contributed by atoms with E-state index in [0.717, 1.165) is 13.8 Å². The lowest BCUT2D eigenvalue weighted by Crippen LogP contribution is -2.41. The number of alkyl halides is 4. The fourth-order valence-corrected chi connectivity index (χ4v) is 0.739. The number of hydrogen-bond acceptors (Lipinski definition) is 2. The average Bonchev–Trinajstić information content (AvgIpc) is 2.23. The molecule has 0 aliphatic rings. The fraction of sp³-hybridized carbons (Fsp3) is 0.556. The number of rotatable bonds is 5. The molecule has 17 heavy (non-hydrogen) atoms. The van der Waals surface area contributed by atoms with E-state index >= 15 is 0 Å². The van der Waals surface area contributed by atoms with E-state index in [0.29, 0.717) is 0 Å². The Kier molecular flexibility index (Phi) is 5.11. The summed E-state index contributed by atoms with van der Waals surface area (Å²) in [5.41, 5.74) is -0.662. The van der Waals surface area contributed by atoms with Gasteiger partial charge in [-0.3, -0.25) is 4.79 Å². The Morgan fingerprint density at radius 2 is 1.71 bits per heavy atom. The number of amides is 1. The summed E-state index contributed by atoms with van der Waals surface area (Å²) >= 11 is 0. The molecule has 0 spiro atoms. The normalized spacial score (nSPS) is 13.4. The maximum absolute atomic E-state index is 12.4. The Bertz CT molecular complexity index is 352. The summed E-state index contributed by atoms with van der Waals surface area (Å²) < 4.78 is 48.4. The van der Waals surface area contributed by atoms with Crippen LogP contribution in [0.15, 0.2) is 11.1 Å². The van der Waals surface area contributed by atoms with E-state index < -0.39 is 30.8 Å². The van der Waals surface area contributed by atoms with Crippen molar-refractivity contribution in [1.29, 1.82) is 0 Å². The van der Waals surface area contributed by atoms with Crippen LogP contribution in [-0.2, 0) is 9.59 Å². The Balaban J connectivity index is 4.59. The molecule has 0 atom stereocenters. The first-order valence-electron chi connectivity index (χ1n) is 4.44. The van der Waals surface area contributed by atoms with Gasteiger partial charge in [-0.25, -0.2) is 13.6 Å². The molecule has 4 nitrogen and oxygen atoms in total. The molecule has 0 aromatic heterocycles. The number of carbonyl (C=O) groups excluding carboxylic acids is 1. The minimum absolute atomic E-state index is 0.317. The quantitative estimate of drug-likeness (QED) is 0.578. The summed E-state index contributed by atoms with van der Waals surface area (Å²) in [4.78, 5) is 21.6. The summed E-state index contributed by atoms with van der Waals surface area (Å²) in [6.07, 6.45) is -3.90. The molecule has 0 aliphatic heterocycles. The van der Waals surface area contributed by atoms with E-state index in [1.807, 2.05) is 0 Å². The molecule has 0 aromatic carbocycles. The van der Waals surface area contributed by atoms with Gasteiger partial charge < -0.3 is 10.4 Å². The highest BCUT2D eigenvalue weighted by molar-refractivity contribution is 6.01. The van der Waals surface area contributed by atoms with Gasteiger partial charge in [-0.2, -0.15) is 8.78 Å². The number of carbonyl (C=O) groups is 2. The molecule has 0 rings (SSSR count). The monoisotopic (exact) mass is 257 g/mol. The standard InChI is InChI=1S/C9H11F4NO3/c1-4(5(2)7(16)17)6(15)14-3-9(12,13)8(10)11/h8H,3H2,1-2H3,(H,14,15)(H,16,17). The number of aliphatic carboxylic acids is 1.